The minimum absolute atomic E-state index is 0.0584. The lowest BCUT2D eigenvalue weighted by atomic mass is 9.94. The van der Waals surface area contributed by atoms with Crippen molar-refractivity contribution in [1.82, 2.24) is 0 Å². The molecule has 36 heavy (non-hydrogen) atoms. The maximum atomic E-state index is 11.1. The van der Waals surface area contributed by atoms with E-state index in [9.17, 15) is 9.90 Å². The Bertz CT molecular complexity index is 1250. The highest BCUT2D eigenvalue weighted by atomic mass is 16.6. The van der Waals surface area contributed by atoms with Crippen LogP contribution in [0.25, 0.3) is 11.1 Å². The van der Waals surface area contributed by atoms with Crippen LogP contribution < -0.4 is 14.2 Å². The lowest BCUT2D eigenvalue weighted by molar-refractivity contribution is -0.137. The number of benzene rings is 3. The number of aliphatic carboxylic acids is 1. The van der Waals surface area contributed by atoms with Gasteiger partial charge in [0.2, 0.25) is 0 Å². The molecule has 3 aromatic rings. The standard InChI is InChI=1S/C29H30O7/c1-17-8-23(36-27-16-33-15-25(27)30)9-18(2)29(17)20-5-3-4-19(10-20)13-34-22-6-7-24-21(11-28(31)32)14-35-26(24)12-22/h3-10,12,21,25,27,30H,11,13-16H2,1-2H3,(H,31,32)/t21-,25-,27+/m1/s1. The highest BCUT2D eigenvalue weighted by Crippen LogP contribution is 2.38. The van der Waals surface area contributed by atoms with Crippen molar-refractivity contribution >= 4 is 5.97 Å². The van der Waals surface area contributed by atoms with Crippen LogP contribution in [-0.4, -0.2) is 48.2 Å². The number of fused-ring (bicyclic) bond motifs is 1. The number of carboxylic acids is 1. The molecule has 7 heteroatoms. The van der Waals surface area contributed by atoms with Gasteiger partial charge in [-0.2, -0.15) is 0 Å². The van der Waals surface area contributed by atoms with E-state index in [2.05, 4.69) is 26.0 Å². The zero-order chi connectivity index (χ0) is 25.2. The normalized spacial score (nSPS) is 20.6. The summed E-state index contributed by atoms with van der Waals surface area (Å²) < 4.78 is 23.0. The number of aryl methyl sites for hydroxylation is 2. The maximum absolute atomic E-state index is 11.1. The van der Waals surface area contributed by atoms with Crippen LogP contribution in [0.1, 0.15) is 34.6 Å². The zero-order valence-corrected chi connectivity index (χ0v) is 20.4. The topological polar surface area (TPSA) is 94.5 Å². The molecule has 0 radical (unpaired) electrons. The molecule has 2 N–H and O–H groups in total. The van der Waals surface area contributed by atoms with E-state index in [1.165, 1.54) is 0 Å². The molecule has 0 bridgehead atoms. The molecule has 7 nitrogen and oxygen atoms in total. The molecule has 0 spiro atoms. The van der Waals surface area contributed by atoms with Gasteiger partial charge in [-0.25, -0.2) is 0 Å². The fraction of sp³-hybridized carbons (Fsp3) is 0.345. The molecule has 1 saturated heterocycles. The number of hydrogen-bond donors (Lipinski definition) is 2. The van der Waals surface area contributed by atoms with Crippen LogP contribution >= 0.6 is 0 Å². The number of ether oxygens (including phenoxy) is 4. The fourth-order valence-corrected chi connectivity index (χ4v) is 4.97. The van der Waals surface area contributed by atoms with Gasteiger partial charge in [-0.05, 0) is 65.9 Å². The minimum atomic E-state index is -0.827. The van der Waals surface area contributed by atoms with Crippen molar-refractivity contribution in [3.8, 4) is 28.4 Å². The molecule has 2 aliphatic rings. The molecule has 3 atom stereocenters. The first-order valence-corrected chi connectivity index (χ1v) is 12.1. The summed E-state index contributed by atoms with van der Waals surface area (Å²) in [7, 11) is 0. The van der Waals surface area contributed by atoms with Crippen LogP contribution in [0.4, 0.5) is 0 Å². The number of hydrogen-bond acceptors (Lipinski definition) is 6. The third-order valence-electron chi connectivity index (χ3n) is 6.70. The van der Waals surface area contributed by atoms with Crippen LogP contribution in [0.15, 0.2) is 54.6 Å². The SMILES string of the molecule is Cc1cc(O[C@H]2COC[C@H]2O)cc(C)c1-c1cccc(COc2ccc3c(c2)OC[C@H]3CC(=O)O)c1. The Labute approximate surface area is 210 Å². The minimum Gasteiger partial charge on any atom is -0.492 e. The molecule has 2 heterocycles. The smallest absolute Gasteiger partial charge is 0.304 e. The largest absolute Gasteiger partial charge is 0.492 e. The summed E-state index contributed by atoms with van der Waals surface area (Å²) in [5.74, 6) is 1.15. The van der Waals surface area contributed by atoms with Crippen molar-refractivity contribution in [1.29, 1.82) is 0 Å². The molecule has 3 aromatic carbocycles. The molecule has 188 valence electrons. The van der Waals surface area contributed by atoms with Crippen LogP contribution in [0.2, 0.25) is 0 Å². The van der Waals surface area contributed by atoms with Crippen molar-refractivity contribution in [3.63, 3.8) is 0 Å². The highest BCUT2D eigenvalue weighted by Gasteiger charge is 2.28. The van der Waals surface area contributed by atoms with E-state index in [1.807, 2.05) is 42.5 Å². The van der Waals surface area contributed by atoms with Gasteiger partial charge in [0.05, 0.1) is 26.2 Å². The Morgan fingerprint density at radius 1 is 1.00 bits per heavy atom. The average molecular weight is 491 g/mol. The van der Waals surface area contributed by atoms with Gasteiger partial charge in [0.1, 0.15) is 36.1 Å². The van der Waals surface area contributed by atoms with Gasteiger partial charge in [0.25, 0.3) is 0 Å². The summed E-state index contributed by atoms with van der Waals surface area (Å²) >= 11 is 0. The van der Waals surface area contributed by atoms with E-state index >= 15 is 0 Å². The van der Waals surface area contributed by atoms with Crippen molar-refractivity contribution in [2.75, 3.05) is 19.8 Å². The van der Waals surface area contributed by atoms with Gasteiger partial charge in [0.15, 0.2) is 0 Å². The van der Waals surface area contributed by atoms with E-state index in [4.69, 9.17) is 24.1 Å². The predicted octanol–water partition coefficient (Wildman–Crippen LogP) is 4.64. The van der Waals surface area contributed by atoms with Gasteiger partial charge in [-0.1, -0.05) is 24.3 Å². The van der Waals surface area contributed by atoms with Crippen molar-refractivity contribution in [2.45, 2.75) is 45.0 Å². The van der Waals surface area contributed by atoms with E-state index in [-0.39, 0.29) is 18.4 Å². The first-order chi connectivity index (χ1) is 17.4. The second-order valence-electron chi connectivity index (χ2n) is 9.49. The second kappa shape index (κ2) is 10.2. The van der Waals surface area contributed by atoms with Crippen molar-refractivity contribution < 1.29 is 34.0 Å². The Balaban J connectivity index is 1.28. The van der Waals surface area contributed by atoms with Crippen LogP contribution in [-0.2, 0) is 16.1 Å². The number of aliphatic hydroxyl groups is 1. The number of rotatable bonds is 8. The van der Waals surface area contributed by atoms with Gasteiger partial charge in [-0.3, -0.25) is 4.79 Å². The van der Waals surface area contributed by atoms with Crippen molar-refractivity contribution in [2.24, 2.45) is 0 Å². The monoisotopic (exact) mass is 490 g/mol. The Morgan fingerprint density at radius 2 is 1.81 bits per heavy atom. The van der Waals surface area contributed by atoms with E-state index in [0.717, 1.165) is 39.1 Å². The van der Waals surface area contributed by atoms with Gasteiger partial charge < -0.3 is 29.2 Å². The molecule has 0 aromatic heterocycles. The summed E-state index contributed by atoms with van der Waals surface area (Å²) in [5.41, 5.74) is 6.35. The Morgan fingerprint density at radius 3 is 2.53 bits per heavy atom. The Hall–Kier alpha value is -3.55. The molecule has 5 rings (SSSR count). The predicted molar refractivity (Wildman–Crippen MR) is 134 cm³/mol. The molecule has 0 saturated carbocycles. The molecule has 2 aliphatic heterocycles. The highest BCUT2D eigenvalue weighted by molar-refractivity contribution is 5.72. The summed E-state index contributed by atoms with van der Waals surface area (Å²) in [4.78, 5) is 11.1. The van der Waals surface area contributed by atoms with Crippen LogP contribution in [0.3, 0.4) is 0 Å². The van der Waals surface area contributed by atoms with Gasteiger partial charge >= 0.3 is 5.97 Å². The summed E-state index contributed by atoms with van der Waals surface area (Å²) in [5, 5.41) is 19.1. The molecule has 1 fully saturated rings. The third-order valence-corrected chi connectivity index (χ3v) is 6.70. The third kappa shape index (κ3) is 5.17. The molecule has 0 unspecified atom stereocenters. The summed E-state index contributed by atoms with van der Waals surface area (Å²) in [6.07, 6.45) is -0.892. The molecular weight excluding hydrogens is 460 g/mol. The van der Waals surface area contributed by atoms with E-state index < -0.39 is 12.1 Å². The van der Waals surface area contributed by atoms with Gasteiger partial charge in [0, 0.05) is 17.5 Å². The number of carbonyl (C=O) groups is 1. The molecule has 0 aliphatic carbocycles. The lowest BCUT2D eigenvalue weighted by Crippen LogP contribution is -2.29. The summed E-state index contributed by atoms with van der Waals surface area (Å²) in [6.45, 7) is 5.58. The molecule has 0 amide bonds. The number of carboxylic acid groups (broad SMARTS) is 1. The van der Waals surface area contributed by atoms with Crippen molar-refractivity contribution in [3.05, 3.63) is 76.9 Å². The van der Waals surface area contributed by atoms with Crippen LogP contribution in [0, 0.1) is 13.8 Å². The lowest BCUT2D eigenvalue weighted by Gasteiger charge is -2.19. The number of aliphatic hydroxyl groups excluding tert-OH is 1. The Kier molecular flexibility index (Phi) is 6.85. The second-order valence-corrected chi connectivity index (χ2v) is 9.49. The zero-order valence-electron chi connectivity index (χ0n) is 20.4. The van der Waals surface area contributed by atoms with Crippen LogP contribution in [0.5, 0.6) is 17.2 Å². The quantitative estimate of drug-likeness (QED) is 0.475. The molecular formula is C29H30O7. The first kappa shape index (κ1) is 24.2. The van der Waals surface area contributed by atoms with Gasteiger partial charge in [-0.15, -0.1) is 0 Å². The van der Waals surface area contributed by atoms with E-state index in [0.29, 0.717) is 37.9 Å². The van der Waals surface area contributed by atoms with E-state index in [1.54, 1.807) is 0 Å². The first-order valence-electron chi connectivity index (χ1n) is 12.1. The average Bonchev–Trinajstić information content (AvgIpc) is 3.42. The summed E-state index contributed by atoms with van der Waals surface area (Å²) in [6, 6.07) is 17.8. The fourth-order valence-electron chi connectivity index (χ4n) is 4.97. The maximum Gasteiger partial charge on any atom is 0.304 e.